The molecule has 2 nitrogen and oxygen atoms in total. The van der Waals surface area contributed by atoms with Gasteiger partial charge in [-0.1, -0.05) is 13.3 Å². The van der Waals surface area contributed by atoms with Crippen molar-refractivity contribution in [3.8, 4) is 0 Å². The van der Waals surface area contributed by atoms with Crippen molar-refractivity contribution in [2.45, 2.75) is 76.4 Å². The van der Waals surface area contributed by atoms with E-state index < -0.39 is 0 Å². The summed E-state index contributed by atoms with van der Waals surface area (Å²) in [5, 5.41) is 3.85. The van der Waals surface area contributed by atoms with Gasteiger partial charge in [-0.3, -0.25) is 0 Å². The smallest absolute Gasteiger partial charge is 0.0697 e. The lowest BCUT2D eigenvalue weighted by Crippen LogP contribution is -2.51. The molecular weight excluding hydrogens is 210 g/mol. The van der Waals surface area contributed by atoms with Crippen LogP contribution in [0.4, 0.5) is 0 Å². The van der Waals surface area contributed by atoms with Gasteiger partial charge in [-0.15, -0.1) is 0 Å². The second-order valence-corrected chi connectivity index (χ2v) is 6.71. The van der Waals surface area contributed by atoms with Crippen LogP contribution in [0.15, 0.2) is 0 Å². The SMILES string of the molecule is CCCC1(CNC2CCOC3(CCC3)C2)CC1. The van der Waals surface area contributed by atoms with Gasteiger partial charge in [-0.2, -0.15) is 0 Å². The Kier molecular flexibility index (Phi) is 3.20. The molecule has 0 bridgehead atoms. The first-order valence-electron chi connectivity index (χ1n) is 7.63. The van der Waals surface area contributed by atoms with Gasteiger partial charge in [-0.25, -0.2) is 0 Å². The highest BCUT2D eigenvalue weighted by Crippen LogP contribution is 2.49. The second kappa shape index (κ2) is 4.55. The lowest BCUT2D eigenvalue weighted by atomic mass is 9.74. The Morgan fingerprint density at radius 2 is 2.06 bits per heavy atom. The summed E-state index contributed by atoms with van der Waals surface area (Å²) in [4.78, 5) is 0. The zero-order chi connectivity index (χ0) is 11.8. The van der Waals surface area contributed by atoms with Crippen molar-refractivity contribution in [1.29, 1.82) is 0 Å². The first-order chi connectivity index (χ1) is 8.26. The predicted molar refractivity (Wildman–Crippen MR) is 70.1 cm³/mol. The number of hydrogen-bond acceptors (Lipinski definition) is 2. The van der Waals surface area contributed by atoms with E-state index in [9.17, 15) is 0 Å². The standard InChI is InChI=1S/C15H27NO/c1-2-5-14(8-9-14)12-16-13-4-10-17-15(11-13)6-3-7-15/h13,16H,2-12H2,1H3. The summed E-state index contributed by atoms with van der Waals surface area (Å²) in [5.74, 6) is 0. The summed E-state index contributed by atoms with van der Waals surface area (Å²) >= 11 is 0. The summed E-state index contributed by atoms with van der Waals surface area (Å²) in [7, 11) is 0. The fourth-order valence-electron chi connectivity index (χ4n) is 3.70. The molecule has 1 N–H and O–H groups in total. The van der Waals surface area contributed by atoms with Crippen molar-refractivity contribution in [2.75, 3.05) is 13.2 Å². The second-order valence-electron chi connectivity index (χ2n) is 6.71. The summed E-state index contributed by atoms with van der Waals surface area (Å²) in [6, 6.07) is 0.735. The third kappa shape index (κ3) is 2.53. The van der Waals surface area contributed by atoms with Gasteiger partial charge in [0.2, 0.25) is 0 Å². The van der Waals surface area contributed by atoms with Gasteiger partial charge in [0.1, 0.15) is 0 Å². The van der Waals surface area contributed by atoms with E-state index in [2.05, 4.69) is 12.2 Å². The highest BCUT2D eigenvalue weighted by molar-refractivity contribution is 4.99. The van der Waals surface area contributed by atoms with Crippen molar-refractivity contribution in [3.05, 3.63) is 0 Å². The molecule has 1 heterocycles. The molecule has 1 unspecified atom stereocenters. The van der Waals surface area contributed by atoms with Crippen molar-refractivity contribution in [3.63, 3.8) is 0 Å². The number of ether oxygens (including phenoxy) is 1. The lowest BCUT2D eigenvalue weighted by Gasteiger charge is -2.47. The monoisotopic (exact) mass is 237 g/mol. The Morgan fingerprint density at radius 1 is 1.24 bits per heavy atom. The first-order valence-corrected chi connectivity index (χ1v) is 7.63. The zero-order valence-electron chi connectivity index (χ0n) is 11.3. The van der Waals surface area contributed by atoms with E-state index in [1.165, 1.54) is 64.3 Å². The molecule has 98 valence electrons. The zero-order valence-corrected chi connectivity index (χ0v) is 11.3. The van der Waals surface area contributed by atoms with E-state index in [0.717, 1.165) is 12.6 Å². The molecule has 17 heavy (non-hydrogen) atoms. The van der Waals surface area contributed by atoms with Crippen LogP contribution in [0, 0.1) is 5.41 Å². The lowest BCUT2D eigenvalue weighted by molar-refractivity contribution is -0.135. The third-order valence-electron chi connectivity index (χ3n) is 5.26. The molecule has 1 saturated heterocycles. The minimum absolute atomic E-state index is 0.303. The van der Waals surface area contributed by atoms with Crippen LogP contribution < -0.4 is 5.32 Å². The molecule has 1 spiro atoms. The highest BCUT2D eigenvalue weighted by atomic mass is 16.5. The van der Waals surface area contributed by atoms with Crippen LogP contribution >= 0.6 is 0 Å². The summed E-state index contributed by atoms with van der Waals surface area (Å²) in [6.07, 6.45) is 12.2. The molecule has 3 aliphatic rings. The molecule has 0 aromatic rings. The van der Waals surface area contributed by atoms with Gasteiger partial charge < -0.3 is 10.1 Å². The fourth-order valence-corrected chi connectivity index (χ4v) is 3.70. The quantitative estimate of drug-likeness (QED) is 0.792. The minimum atomic E-state index is 0.303. The maximum Gasteiger partial charge on any atom is 0.0697 e. The van der Waals surface area contributed by atoms with Crippen LogP contribution in [0.5, 0.6) is 0 Å². The topological polar surface area (TPSA) is 21.3 Å². The molecule has 0 amide bonds. The van der Waals surface area contributed by atoms with Gasteiger partial charge in [0.25, 0.3) is 0 Å². The maximum absolute atomic E-state index is 5.99. The first kappa shape index (κ1) is 12.0. The van der Waals surface area contributed by atoms with Gasteiger partial charge in [0.05, 0.1) is 5.60 Å². The summed E-state index contributed by atoms with van der Waals surface area (Å²) in [5.41, 5.74) is 0.997. The summed E-state index contributed by atoms with van der Waals surface area (Å²) < 4.78 is 5.99. The molecule has 3 fully saturated rings. The van der Waals surface area contributed by atoms with Crippen molar-refractivity contribution in [1.82, 2.24) is 5.32 Å². The average molecular weight is 237 g/mol. The molecule has 1 atom stereocenters. The van der Waals surface area contributed by atoms with Crippen LogP contribution in [-0.2, 0) is 4.74 Å². The maximum atomic E-state index is 5.99. The molecule has 2 heteroatoms. The predicted octanol–water partition coefficient (Wildman–Crippen LogP) is 3.26. The number of rotatable bonds is 5. The number of nitrogens with one attached hydrogen (secondary N) is 1. The Labute approximate surface area is 105 Å². The van der Waals surface area contributed by atoms with Crippen LogP contribution in [0.1, 0.15) is 64.7 Å². The average Bonchev–Trinajstić information content (AvgIpc) is 3.06. The van der Waals surface area contributed by atoms with E-state index in [1.807, 2.05) is 0 Å². The summed E-state index contributed by atoms with van der Waals surface area (Å²) in [6.45, 7) is 4.57. The molecule has 0 aromatic carbocycles. The third-order valence-corrected chi connectivity index (χ3v) is 5.26. The van der Waals surface area contributed by atoms with Gasteiger partial charge in [0, 0.05) is 19.2 Å². The van der Waals surface area contributed by atoms with Gasteiger partial charge in [-0.05, 0) is 56.8 Å². The van der Waals surface area contributed by atoms with Gasteiger partial charge in [0.15, 0.2) is 0 Å². The van der Waals surface area contributed by atoms with Gasteiger partial charge >= 0.3 is 0 Å². The molecule has 2 saturated carbocycles. The van der Waals surface area contributed by atoms with Crippen molar-refractivity contribution < 1.29 is 4.74 Å². The molecule has 3 rings (SSSR count). The number of hydrogen-bond donors (Lipinski definition) is 1. The molecular formula is C15H27NO. The van der Waals surface area contributed by atoms with E-state index in [4.69, 9.17) is 4.74 Å². The minimum Gasteiger partial charge on any atom is -0.375 e. The Bertz CT molecular complexity index is 268. The van der Waals surface area contributed by atoms with Crippen LogP contribution in [0.2, 0.25) is 0 Å². The van der Waals surface area contributed by atoms with E-state index in [0.29, 0.717) is 11.0 Å². The van der Waals surface area contributed by atoms with Crippen molar-refractivity contribution >= 4 is 0 Å². The Balaban J connectivity index is 1.45. The Hall–Kier alpha value is -0.0800. The van der Waals surface area contributed by atoms with Crippen molar-refractivity contribution in [2.24, 2.45) is 5.41 Å². The van der Waals surface area contributed by atoms with Crippen LogP contribution in [0.25, 0.3) is 0 Å². The Morgan fingerprint density at radius 3 is 2.65 bits per heavy atom. The molecule has 0 aromatic heterocycles. The molecule has 0 radical (unpaired) electrons. The highest BCUT2D eigenvalue weighted by Gasteiger charge is 2.44. The van der Waals surface area contributed by atoms with E-state index in [1.54, 1.807) is 0 Å². The van der Waals surface area contributed by atoms with Crippen LogP contribution in [0.3, 0.4) is 0 Å². The normalized spacial score (nSPS) is 33.4. The largest absolute Gasteiger partial charge is 0.375 e. The molecule has 2 aliphatic carbocycles. The van der Waals surface area contributed by atoms with E-state index in [-0.39, 0.29) is 0 Å². The van der Waals surface area contributed by atoms with Crippen LogP contribution in [-0.4, -0.2) is 24.8 Å². The molecule has 1 aliphatic heterocycles. The fraction of sp³-hybridized carbons (Fsp3) is 1.00. The van der Waals surface area contributed by atoms with E-state index >= 15 is 0 Å².